The summed E-state index contributed by atoms with van der Waals surface area (Å²) in [5.74, 6) is -0.267. The number of amides is 3. The number of anilines is 1. The fourth-order valence-corrected chi connectivity index (χ4v) is 2.70. The van der Waals surface area contributed by atoms with Crippen molar-refractivity contribution in [3.63, 3.8) is 0 Å². The van der Waals surface area contributed by atoms with Crippen molar-refractivity contribution in [3.8, 4) is 0 Å². The van der Waals surface area contributed by atoms with Crippen molar-refractivity contribution in [2.24, 2.45) is 0 Å². The van der Waals surface area contributed by atoms with Gasteiger partial charge in [0.2, 0.25) is 5.91 Å². The first-order chi connectivity index (χ1) is 9.08. The molecule has 0 atom stereocenters. The minimum absolute atomic E-state index is 0.207. The zero-order valence-corrected chi connectivity index (χ0v) is 13.0. The number of nitrogens with one attached hydrogen (secondary N) is 1. The number of halogens is 1. The summed E-state index contributed by atoms with van der Waals surface area (Å²) in [7, 11) is 0. The van der Waals surface area contributed by atoms with Crippen LogP contribution in [-0.4, -0.2) is 18.0 Å². The number of rotatable bonds is 2. The molecule has 2 rings (SSSR count). The molecule has 0 aromatic heterocycles. The molecule has 3 amide bonds. The highest BCUT2D eigenvalue weighted by molar-refractivity contribution is 14.1. The topological polar surface area (TPSA) is 49.4 Å². The van der Waals surface area contributed by atoms with Crippen LogP contribution in [0.2, 0.25) is 0 Å². The Hall–Kier alpha value is -1.11. The Kier molecular flexibility index (Phi) is 4.79. The summed E-state index contributed by atoms with van der Waals surface area (Å²) in [5, 5.41) is 2.94. The number of hydrogen-bond donors (Lipinski definition) is 1. The summed E-state index contributed by atoms with van der Waals surface area (Å²) in [6.45, 7) is 1.41. The van der Waals surface area contributed by atoms with Gasteiger partial charge in [0.15, 0.2) is 0 Å². The minimum atomic E-state index is -0.319. The van der Waals surface area contributed by atoms with Crippen LogP contribution in [0, 0.1) is 3.57 Å². The van der Waals surface area contributed by atoms with E-state index in [9.17, 15) is 9.59 Å². The molecule has 5 heteroatoms. The van der Waals surface area contributed by atoms with Gasteiger partial charge in [0.05, 0.1) is 5.69 Å². The summed E-state index contributed by atoms with van der Waals surface area (Å²) < 4.78 is 1.07. The first-order valence-corrected chi connectivity index (χ1v) is 7.52. The number of benzene rings is 1. The fraction of sp³-hybridized carbons (Fsp3) is 0.429. The zero-order chi connectivity index (χ0) is 13.8. The molecule has 0 radical (unpaired) electrons. The molecule has 1 N–H and O–H groups in total. The van der Waals surface area contributed by atoms with E-state index in [1.807, 2.05) is 12.1 Å². The third-order valence-corrected chi connectivity index (χ3v) is 4.00. The summed E-state index contributed by atoms with van der Waals surface area (Å²) in [6.07, 6.45) is 4.30. The van der Waals surface area contributed by atoms with Crippen LogP contribution in [0.4, 0.5) is 10.5 Å². The van der Waals surface area contributed by atoms with E-state index in [0.717, 1.165) is 29.3 Å². The Balaban J connectivity index is 2.12. The molecule has 19 heavy (non-hydrogen) atoms. The standard InChI is InChI=1S/C14H17IN2O2/c1-10(18)17(13-8-6-11(15)7-9-13)14(19)16-12-4-2-3-5-12/h6-9,12H,2-5H2,1H3,(H,16,19). The first kappa shape index (κ1) is 14.3. The molecule has 1 aromatic rings. The van der Waals surface area contributed by atoms with Crippen LogP contribution in [0.3, 0.4) is 0 Å². The number of urea groups is 1. The Morgan fingerprint density at radius 1 is 1.21 bits per heavy atom. The van der Waals surface area contributed by atoms with Gasteiger partial charge in [-0.3, -0.25) is 4.79 Å². The van der Waals surface area contributed by atoms with E-state index in [2.05, 4.69) is 27.9 Å². The van der Waals surface area contributed by atoms with Gasteiger partial charge in [-0.25, -0.2) is 9.69 Å². The quantitative estimate of drug-likeness (QED) is 0.810. The molecule has 4 nitrogen and oxygen atoms in total. The molecule has 0 saturated heterocycles. The van der Waals surface area contributed by atoms with Crippen molar-refractivity contribution in [2.45, 2.75) is 38.6 Å². The van der Waals surface area contributed by atoms with Gasteiger partial charge in [-0.1, -0.05) is 12.8 Å². The number of nitrogens with zero attached hydrogens (tertiary/aromatic N) is 1. The molecule has 1 saturated carbocycles. The second-order valence-electron chi connectivity index (χ2n) is 4.76. The maximum atomic E-state index is 12.2. The van der Waals surface area contributed by atoms with Gasteiger partial charge in [-0.15, -0.1) is 0 Å². The van der Waals surface area contributed by atoms with E-state index >= 15 is 0 Å². The van der Waals surface area contributed by atoms with Crippen molar-refractivity contribution >= 4 is 40.2 Å². The Morgan fingerprint density at radius 2 is 1.79 bits per heavy atom. The van der Waals surface area contributed by atoms with Crippen molar-refractivity contribution in [1.82, 2.24) is 5.32 Å². The molecule has 0 heterocycles. The smallest absolute Gasteiger partial charge is 0.328 e. The van der Waals surface area contributed by atoms with Crippen molar-refractivity contribution in [2.75, 3.05) is 4.90 Å². The van der Waals surface area contributed by atoms with Crippen molar-refractivity contribution in [3.05, 3.63) is 27.8 Å². The number of imide groups is 1. The normalized spacial score (nSPS) is 15.3. The average Bonchev–Trinajstić information content (AvgIpc) is 2.84. The second-order valence-corrected chi connectivity index (χ2v) is 6.01. The van der Waals surface area contributed by atoms with Crippen LogP contribution in [0.15, 0.2) is 24.3 Å². The van der Waals surface area contributed by atoms with Crippen LogP contribution < -0.4 is 10.2 Å². The molecular formula is C14H17IN2O2. The molecule has 0 spiro atoms. The average molecular weight is 372 g/mol. The highest BCUT2D eigenvalue weighted by atomic mass is 127. The molecule has 102 valence electrons. The summed E-state index contributed by atoms with van der Waals surface area (Å²) in [5.41, 5.74) is 0.614. The van der Waals surface area contributed by atoms with E-state index in [4.69, 9.17) is 0 Å². The van der Waals surface area contributed by atoms with Gasteiger partial charge in [0, 0.05) is 16.5 Å². The molecule has 0 unspecified atom stereocenters. The zero-order valence-electron chi connectivity index (χ0n) is 10.9. The molecule has 1 aliphatic rings. The fourth-order valence-electron chi connectivity index (χ4n) is 2.34. The third-order valence-electron chi connectivity index (χ3n) is 3.29. The minimum Gasteiger partial charge on any atom is -0.335 e. The lowest BCUT2D eigenvalue weighted by atomic mass is 10.2. The lowest BCUT2D eigenvalue weighted by molar-refractivity contribution is -0.115. The number of hydrogen-bond acceptors (Lipinski definition) is 2. The Bertz CT molecular complexity index is 467. The van der Waals surface area contributed by atoms with E-state index < -0.39 is 0 Å². The van der Waals surface area contributed by atoms with E-state index in [1.165, 1.54) is 11.8 Å². The lowest BCUT2D eigenvalue weighted by Crippen LogP contribution is -2.46. The predicted octanol–water partition coefficient (Wildman–Crippen LogP) is 3.30. The number of carbonyl (C=O) groups is 2. The van der Waals surface area contributed by atoms with Gasteiger partial charge in [0.25, 0.3) is 0 Å². The largest absolute Gasteiger partial charge is 0.335 e. The SMILES string of the molecule is CC(=O)N(C(=O)NC1CCCC1)c1ccc(I)cc1. The third kappa shape index (κ3) is 3.68. The Labute approximate surface area is 126 Å². The van der Waals surface area contributed by atoms with Crippen molar-refractivity contribution in [1.29, 1.82) is 0 Å². The molecule has 1 aliphatic carbocycles. The summed E-state index contributed by atoms with van der Waals surface area (Å²) in [6, 6.07) is 7.23. The molecule has 1 aromatic carbocycles. The van der Waals surface area contributed by atoms with Crippen LogP contribution in [0.25, 0.3) is 0 Å². The van der Waals surface area contributed by atoms with Crippen LogP contribution >= 0.6 is 22.6 Å². The molecular weight excluding hydrogens is 355 g/mol. The maximum Gasteiger partial charge on any atom is 0.328 e. The number of carbonyl (C=O) groups excluding carboxylic acids is 2. The Morgan fingerprint density at radius 3 is 2.32 bits per heavy atom. The van der Waals surface area contributed by atoms with Crippen molar-refractivity contribution < 1.29 is 9.59 Å². The van der Waals surface area contributed by atoms with E-state index in [0.29, 0.717) is 5.69 Å². The maximum absolute atomic E-state index is 12.2. The van der Waals surface area contributed by atoms with Crippen LogP contribution in [0.5, 0.6) is 0 Å². The molecule has 0 aliphatic heterocycles. The van der Waals surface area contributed by atoms with Gasteiger partial charge >= 0.3 is 6.03 Å². The van der Waals surface area contributed by atoms with Crippen LogP contribution in [-0.2, 0) is 4.79 Å². The van der Waals surface area contributed by atoms with E-state index in [1.54, 1.807) is 12.1 Å². The van der Waals surface area contributed by atoms with Crippen LogP contribution in [0.1, 0.15) is 32.6 Å². The first-order valence-electron chi connectivity index (χ1n) is 6.44. The van der Waals surface area contributed by atoms with Gasteiger partial charge in [-0.2, -0.15) is 0 Å². The second kappa shape index (κ2) is 6.36. The predicted molar refractivity (Wildman–Crippen MR) is 83.1 cm³/mol. The molecule has 1 fully saturated rings. The summed E-state index contributed by atoms with van der Waals surface area (Å²) in [4.78, 5) is 25.1. The monoisotopic (exact) mass is 372 g/mol. The van der Waals surface area contributed by atoms with Gasteiger partial charge < -0.3 is 5.32 Å². The highest BCUT2D eigenvalue weighted by Crippen LogP contribution is 2.20. The van der Waals surface area contributed by atoms with E-state index in [-0.39, 0.29) is 18.0 Å². The van der Waals surface area contributed by atoms with Gasteiger partial charge in [-0.05, 0) is 59.7 Å². The van der Waals surface area contributed by atoms with Gasteiger partial charge in [0.1, 0.15) is 0 Å². The molecule has 0 bridgehead atoms. The highest BCUT2D eigenvalue weighted by Gasteiger charge is 2.24. The summed E-state index contributed by atoms with van der Waals surface area (Å²) >= 11 is 2.19. The lowest BCUT2D eigenvalue weighted by Gasteiger charge is -2.22.